The van der Waals surface area contributed by atoms with E-state index in [0.717, 1.165) is 6.26 Å². The number of rotatable bonds is 3. The number of hydrogen-bond acceptors (Lipinski definition) is 5. The lowest BCUT2D eigenvalue weighted by atomic mass is 10.6. The Labute approximate surface area is 68.8 Å². The molecule has 0 aliphatic rings. The van der Waals surface area contributed by atoms with Gasteiger partial charge in [-0.15, -0.1) is 0 Å². The van der Waals surface area contributed by atoms with Gasteiger partial charge in [-0.05, 0) is 0 Å². The lowest BCUT2D eigenvalue weighted by Crippen LogP contribution is -1.90. The van der Waals surface area contributed by atoms with Gasteiger partial charge >= 0.3 is 5.82 Å². The second-order valence-corrected chi connectivity index (χ2v) is 5.34. The smallest absolute Gasteiger partial charge is 0.399 e. The largest absolute Gasteiger partial charge is 0.518 e. The van der Waals surface area contributed by atoms with Gasteiger partial charge in [0.15, 0.2) is 13.1 Å². The lowest BCUT2D eigenvalue weighted by Gasteiger charge is -2.04. The minimum absolute atomic E-state index is 0.00395. The molecule has 5 nitrogen and oxygen atoms in total. The highest BCUT2D eigenvalue weighted by molar-refractivity contribution is 7.57. The first-order valence-corrected chi connectivity index (χ1v) is 5.76. The monoisotopic (exact) mass is 192 g/mol. The van der Waals surface area contributed by atoms with Crippen molar-refractivity contribution in [3.8, 4) is 0 Å². The van der Waals surface area contributed by atoms with Crippen molar-refractivity contribution in [2.75, 3.05) is 13.3 Å². The average Bonchev–Trinajstić information content (AvgIpc) is 2.30. The van der Waals surface area contributed by atoms with Crippen molar-refractivity contribution in [2.24, 2.45) is 0 Å². The third-order valence-corrected chi connectivity index (χ3v) is 1.77. The van der Waals surface area contributed by atoms with Gasteiger partial charge in [0.2, 0.25) is 0 Å². The first-order valence-electron chi connectivity index (χ1n) is 3.24. The molecule has 0 spiro atoms. The maximum absolute atomic E-state index is 11.0. The van der Waals surface area contributed by atoms with Crippen LogP contribution in [-0.2, 0) is 15.7 Å². The van der Waals surface area contributed by atoms with Crippen molar-refractivity contribution in [2.45, 2.75) is 6.61 Å². The maximum atomic E-state index is 11.0. The van der Waals surface area contributed by atoms with E-state index in [1.54, 1.807) is 0 Å². The van der Waals surface area contributed by atoms with Crippen LogP contribution < -0.4 is 5.82 Å². The van der Waals surface area contributed by atoms with Crippen LogP contribution in [0.4, 0.5) is 0 Å². The Morgan fingerprint density at radius 3 is 2.67 bits per heavy atom. The molecule has 0 aromatic carbocycles. The molecule has 0 saturated carbocycles. The highest BCUT2D eigenvalue weighted by atomic mass is 31.2. The van der Waals surface area contributed by atoms with Crippen molar-refractivity contribution in [1.82, 2.24) is 0 Å². The fraction of sp³-hybridized carbons (Fsp3) is 0.500. The molecule has 0 bridgehead atoms. The third kappa shape index (κ3) is 3.07. The van der Waals surface area contributed by atoms with Crippen molar-refractivity contribution < 1.29 is 17.9 Å². The summed E-state index contributed by atoms with van der Waals surface area (Å²) < 4.78 is 24.8. The minimum Gasteiger partial charge on any atom is -0.399 e. The maximum Gasteiger partial charge on any atom is 0.518 e. The van der Waals surface area contributed by atoms with Gasteiger partial charge in [-0.25, -0.2) is 4.79 Å². The second-order valence-electron chi connectivity index (χ2n) is 2.58. The van der Waals surface area contributed by atoms with E-state index in [-0.39, 0.29) is 12.4 Å². The number of hydrogen-bond donors (Lipinski definition) is 0. The first kappa shape index (κ1) is 9.29. The van der Waals surface area contributed by atoms with E-state index in [4.69, 9.17) is 4.52 Å². The predicted octanol–water partition coefficient (Wildman–Crippen LogP) is 1.29. The standard InChI is InChI=1S/C6H9O5P/c1-12(2,8)10-4-5-3-9-6(7)11-5/h3H,4H2,1-2H3. The van der Waals surface area contributed by atoms with Crippen LogP contribution in [0.15, 0.2) is 19.9 Å². The molecule has 68 valence electrons. The first-order chi connectivity index (χ1) is 5.47. The van der Waals surface area contributed by atoms with Gasteiger partial charge in [-0.2, -0.15) is 0 Å². The van der Waals surface area contributed by atoms with Crippen molar-refractivity contribution in [1.29, 1.82) is 0 Å². The molecular weight excluding hydrogens is 183 g/mol. The SMILES string of the molecule is CP(C)(=O)OCc1coc(=O)o1. The molecule has 0 unspecified atom stereocenters. The van der Waals surface area contributed by atoms with E-state index in [9.17, 15) is 9.36 Å². The second kappa shape index (κ2) is 3.29. The summed E-state index contributed by atoms with van der Waals surface area (Å²) in [6, 6.07) is 0. The summed E-state index contributed by atoms with van der Waals surface area (Å²) in [4.78, 5) is 10.4. The topological polar surface area (TPSA) is 69.7 Å². The average molecular weight is 192 g/mol. The molecule has 1 rings (SSSR count). The van der Waals surface area contributed by atoms with Crippen molar-refractivity contribution in [3.63, 3.8) is 0 Å². The summed E-state index contributed by atoms with van der Waals surface area (Å²) in [6.07, 6.45) is 1.14. The molecule has 1 heterocycles. The zero-order chi connectivity index (χ0) is 9.19. The zero-order valence-electron chi connectivity index (χ0n) is 6.77. The Kier molecular flexibility index (Phi) is 2.55. The van der Waals surface area contributed by atoms with Crippen LogP contribution in [0, 0.1) is 0 Å². The molecule has 12 heavy (non-hydrogen) atoms. The van der Waals surface area contributed by atoms with Crippen LogP contribution in [0.1, 0.15) is 5.76 Å². The lowest BCUT2D eigenvalue weighted by molar-refractivity contribution is 0.267. The summed E-state index contributed by atoms with van der Waals surface area (Å²) >= 11 is 0. The van der Waals surface area contributed by atoms with Gasteiger partial charge in [-0.3, -0.25) is 4.57 Å². The Morgan fingerprint density at radius 1 is 1.58 bits per heavy atom. The molecule has 0 amide bonds. The van der Waals surface area contributed by atoms with Gasteiger partial charge in [0.05, 0.1) is 0 Å². The van der Waals surface area contributed by atoms with E-state index in [0.29, 0.717) is 0 Å². The highest BCUT2D eigenvalue weighted by Crippen LogP contribution is 2.38. The van der Waals surface area contributed by atoms with Crippen LogP contribution >= 0.6 is 7.37 Å². The molecule has 0 radical (unpaired) electrons. The molecular formula is C6H9O5P. The fourth-order valence-electron chi connectivity index (χ4n) is 0.552. The summed E-state index contributed by atoms with van der Waals surface area (Å²) in [6.45, 7) is 2.95. The molecule has 1 aromatic heterocycles. The molecule has 6 heteroatoms. The highest BCUT2D eigenvalue weighted by Gasteiger charge is 2.09. The minimum atomic E-state index is -2.53. The molecule has 0 aliphatic heterocycles. The Morgan fingerprint density at radius 2 is 2.25 bits per heavy atom. The van der Waals surface area contributed by atoms with E-state index in [1.807, 2.05) is 0 Å². The van der Waals surface area contributed by atoms with Gasteiger partial charge in [0, 0.05) is 13.3 Å². The Hall–Kier alpha value is -0.800. The van der Waals surface area contributed by atoms with E-state index in [1.165, 1.54) is 13.3 Å². The van der Waals surface area contributed by atoms with Crippen molar-refractivity contribution >= 4 is 7.37 Å². The van der Waals surface area contributed by atoms with E-state index >= 15 is 0 Å². The molecule has 0 saturated heterocycles. The summed E-state index contributed by atoms with van der Waals surface area (Å²) in [7, 11) is -2.53. The Bertz CT molecular complexity index is 343. The van der Waals surface area contributed by atoms with Crippen LogP contribution in [0.5, 0.6) is 0 Å². The third-order valence-electron chi connectivity index (χ3n) is 1.02. The van der Waals surface area contributed by atoms with Crippen LogP contribution in [-0.4, -0.2) is 13.3 Å². The molecule has 0 fully saturated rings. The molecule has 0 atom stereocenters. The van der Waals surface area contributed by atoms with Gasteiger partial charge in [-0.1, -0.05) is 0 Å². The molecule has 0 aliphatic carbocycles. The van der Waals surface area contributed by atoms with Crippen LogP contribution in [0.2, 0.25) is 0 Å². The fourth-order valence-corrected chi connectivity index (χ4v) is 0.990. The summed E-state index contributed by atoms with van der Waals surface area (Å²) in [5, 5.41) is 0. The molecule has 0 N–H and O–H groups in total. The quantitative estimate of drug-likeness (QED) is 0.674. The molecule has 1 aromatic rings. The van der Waals surface area contributed by atoms with E-state index < -0.39 is 13.2 Å². The summed E-state index contributed by atoms with van der Waals surface area (Å²) in [5.41, 5.74) is 0. The van der Waals surface area contributed by atoms with Crippen molar-refractivity contribution in [3.05, 3.63) is 22.6 Å². The summed E-state index contributed by atoms with van der Waals surface area (Å²) in [5.74, 6) is -0.542. The zero-order valence-corrected chi connectivity index (χ0v) is 7.67. The Balaban J connectivity index is 2.55. The van der Waals surface area contributed by atoms with Crippen LogP contribution in [0.3, 0.4) is 0 Å². The van der Waals surface area contributed by atoms with E-state index in [2.05, 4.69) is 8.83 Å². The van der Waals surface area contributed by atoms with Gasteiger partial charge < -0.3 is 13.4 Å². The normalized spacial score (nSPS) is 11.8. The van der Waals surface area contributed by atoms with Gasteiger partial charge in [0.25, 0.3) is 0 Å². The van der Waals surface area contributed by atoms with Gasteiger partial charge in [0.1, 0.15) is 12.9 Å². The predicted molar refractivity (Wildman–Crippen MR) is 41.5 cm³/mol. The van der Waals surface area contributed by atoms with Crippen LogP contribution in [0.25, 0.3) is 0 Å².